The third kappa shape index (κ3) is 4.01. The number of anilines is 2. The molecule has 2 aromatic rings. The van der Waals surface area contributed by atoms with Crippen molar-refractivity contribution in [2.75, 3.05) is 36.4 Å². The SMILES string of the molecule is CC(C(=O)NCCNc1cc(N2CCCC2)ncn1)n1cccn1. The van der Waals surface area contributed by atoms with Crippen molar-refractivity contribution in [3.05, 3.63) is 30.9 Å². The molecule has 1 unspecified atom stereocenters. The van der Waals surface area contributed by atoms with E-state index in [1.54, 1.807) is 29.5 Å². The van der Waals surface area contributed by atoms with Crippen LogP contribution in [-0.4, -0.2) is 51.8 Å². The van der Waals surface area contributed by atoms with Gasteiger partial charge in [0.15, 0.2) is 0 Å². The van der Waals surface area contributed by atoms with Gasteiger partial charge < -0.3 is 15.5 Å². The number of carbonyl (C=O) groups excluding carboxylic acids is 1. The summed E-state index contributed by atoms with van der Waals surface area (Å²) in [6.07, 6.45) is 7.45. The molecular formula is C16H23N7O. The predicted molar refractivity (Wildman–Crippen MR) is 91.9 cm³/mol. The fourth-order valence-corrected chi connectivity index (χ4v) is 2.72. The molecule has 0 aromatic carbocycles. The number of amides is 1. The average Bonchev–Trinajstić information content (AvgIpc) is 3.31. The fraction of sp³-hybridized carbons (Fsp3) is 0.500. The summed E-state index contributed by atoms with van der Waals surface area (Å²) < 4.78 is 1.63. The average molecular weight is 329 g/mol. The Bertz CT molecular complexity index is 652. The number of nitrogens with zero attached hydrogens (tertiary/aromatic N) is 5. The van der Waals surface area contributed by atoms with E-state index < -0.39 is 0 Å². The molecule has 1 aliphatic rings. The summed E-state index contributed by atoms with van der Waals surface area (Å²) in [4.78, 5) is 22.9. The summed E-state index contributed by atoms with van der Waals surface area (Å²) in [7, 11) is 0. The number of carbonyl (C=O) groups is 1. The van der Waals surface area contributed by atoms with Gasteiger partial charge in [-0.2, -0.15) is 5.10 Å². The minimum absolute atomic E-state index is 0.0547. The van der Waals surface area contributed by atoms with Gasteiger partial charge in [0.2, 0.25) is 5.91 Å². The van der Waals surface area contributed by atoms with E-state index in [1.165, 1.54) is 12.8 Å². The van der Waals surface area contributed by atoms with Gasteiger partial charge in [0.05, 0.1) is 0 Å². The highest BCUT2D eigenvalue weighted by atomic mass is 16.2. The second-order valence-corrected chi connectivity index (χ2v) is 5.84. The standard InChI is InChI=1S/C16H23N7O/c1-13(23-10-4-5-21-23)16(24)18-7-6-17-14-11-15(20-12-19-14)22-8-2-3-9-22/h4-5,10-13H,2-3,6-9H2,1H3,(H,18,24)(H,17,19,20). The van der Waals surface area contributed by atoms with Gasteiger partial charge in [0.25, 0.3) is 0 Å². The molecule has 2 N–H and O–H groups in total. The lowest BCUT2D eigenvalue weighted by molar-refractivity contribution is -0.124. The first kappa shape index (κ1) is 16.2. The molecule has 0 aliphatic carbocycles. The van der Waals surface area contributed by atoms with Gasteiger partial charge in [-0.3, -0.25) is 9.48 Å². The maximum Gasteiger partial charge on any atom is 0.244 e. The molecule has 1 saturated heterocycles. The molecule has 1 atom stereocenters. The van der Waals surface area contributed by atoms with Crippen LogP contribution in [0.1, 0.15) is 25.8 Å². The number of aromatic nitrogens is 4. The van der Waals surface area contributed by atoms with Crippen molar-refractivity contribution in [1.82, 2.24) is 25.1 Å². The normalized spacial score (nSPS) is 15.3. The van der Waals surface area contributed by atoms with Crippen molar-refractivity contribution < 1.29 is 4.79 Å². The molecule has 2 aromatic heterocycles. The summed E-state index contributed by atoms with van der Waals surface area (Å²) in [6, 6.07) is 3.44. The van der Waals surface area contributed by atoms with Crippen molar-refractivity contribution in [3.8, 4) is 0 Å². The lowest BCUT2D eigenvalue weighted by Crippen LogP contribution is -2.34. The Morgan fingerprint density at radius 1 is 1.29 bits per heavy atom. The van der Waals surface area contributed by atoms with Crippen molar-refractivity contribution in [2.45, 2.75) is 25.8 Å². The van der Waals surface area contributed by atoms with Crippen molar-refractivity contribution in [1.29, 1.82) is 0 Å². The first-order valence-electron chi connectivity index (χ1n) is 8.32. The molecule has 0 radical (unpaired) electrons. The van der Waals surface area contributed by atoms with Crippen LogP contribution in [0.15, 0.2) is 30.9 Å². The zero-order valence-electron chi connectivity index (χ0n) is 13.9. The van der Waals surface area contributed by atoms with Gasteiger partial charge in [-0.25, -0.2) is 9.97 Å². The third-order valence-corrected chi connectivity index (χ3v) is 4.11. The van der Waals surface area contributed by atoms with E-state index in [4.69, 9.17) is 0 Å². The Hall–Kier alpha value is -2.64. The minimum Gasteiger partial charge on any atom is -0.368 e. The van der Waals surface area contributed by atoms with Crippen LogP contribution in [0.5, 0.6) is 0 Å². The molecule has 3 heterocycles. The van der Waals surface area contributed by atoms with Crippen LogP contribution in [-0.2, 0) is 4.79 Å². The lowest BCUT2D eigenvalue weighted by atomic mass is 10.3. The summed E-state index contributed by atoms with van der Waals surface area (Å²) in [5.74, 6) is 1.68. The van der Waals surface area contributed by atoms with Gasteiger partial charge in [-0.1, -0.05) is 0 Å². The highest BCUT2D eigenvalue weighted by Crippen LogP contribution is 2.18. The van der Waals surface area contributed by atoms with E-state index in [0.717, 1.165) is 24.7 Å². The molecule has 0 spiro atoms. The van der Waals surface area contributed by atoms with Crippen molar-refractivity contribution >= 4 is 17.5 Å². The largest absolute Gasteiger partial charge is 0.368 e. The van der Waals surface area contributed by atoms with Gasteiger partial charge in [0.1, 0.15) is 24.0 Å². The van der Waals surface area contributed by atoms with Crippen LogP contribution in [0.2, 0.25) is 0 Å². The summed E-state index contributed by atoms with van der Waals surface area (Å²) >= 11 is 0. The van der Waals surface area contributed by atoms with Crippen LogP contribution in [0.3, 0.4) is 0 Å². The summed E-state index contributed by atoms with van der Waals surface area (Å²) in [5, 5.41) is 10.2. The van der Waals surface area contributed by atoms with Crippen LogP contribution in [0.25, 0.3) is 0 Å². The van der Waals surface area contributed by atoms with E-state index in [-0.39, 0.29) is 11.9 Å². The third-order valence-electron chi connectivity index (χ3n) is 4.11. The van der Waals surface area contributed by atoms with Crippen LogP contribution >= 0.6 is 0 Å². The zero-order chi connectivity index (χ0) is 16.8. The molecule has 8 nitrogen and oxygen atoms in total. The van der Waals surface area contributed by atoms with Gasteiger partial charge in [-0.05, 0) is 25.8 Å². The molecule has 8 heteroatoms. The molecule has 1 aliphatic heterocycles. The first-order valence-corrected chi connectivity index (χ1v) is 8.32. The topological polar surface area (TPSA) is 88.0 Å². The quantitative estimate of drug-likeness (QED) is 0.739. The Kier molecular flexibility index (Phi) is 5.25. The maximum absolute atomic E-state index is 12.0. The molecule has 1 fully saturated rings. The number of nitrogens with one attached hydrogen (secondary N) is 2. The van der Waals surface area contributed by atoms with E-state index in [1.807, 2.05) is 13.0 Å². The smallest absolute Gasteiger partial charge is 0.244 e. The molecule has 0 saturated carbocycles. The van der Waals surface area contributed by atoms with Gasteiger partial charge in [-0.15, -0.1) is 0 Å². The highest BCUT2D eigenvalue weighted by molar-refractivity contribution is 5.79. The molecule has 3 rings (SSSR count). The van der Waals surface area contributed by atoms with E-state index in [9.17, 15) is 4.79 Å². The molecule has 1 amide bonds. The maximum atomic E-state index is 12.0. The Balaban J connectivity index is 1.43. The molecule has 24 heavy (non-hydrogen) atoms. The molecular weight excluding hydrogens is 306 g/mol. The van der Waals surface area contributed by atoms with Gasteiger partial charge in [0, 0.05) is 44.6 Å². The van der Waals surface area contributed by atoms with E-state index in [0.29, 0.717) is 13.1 Å². The van der Waals surface area contributed by atoms with Crippen LogP contribution in [0.4, 0.5) is 11.6 Å². The van der Waals surface area contributed by atoms with E-state index in [2.05, 4.69) is 30.6 Å². The molecule has 0 bridgehead atoms. The monoisotopic (exact) mass is 329 g/mol. The predicted octanol–water partition coefficient (Wildman–Crippen LogP) is 1.06. The van der Waals surface area contributed by atoms with Crippen molar-refractivity contribution in [3.63, 3.8) is 0 Å². The van der Waals surface area contributed by atoms with Crippen molar-refractivity contribution in [2.24, 2.45) is 0 Å². The second-order valence-electron chi connectivity index (χ2n) is 5.84. The van der Waals surface area contributed by atoms with Crippen LogP contribution < -0.4 is 15.5 Å². The fourth-order valence-electron chi connectivity index (χ4n) is 2.72. The second kappa shape index (κ2) is 7.76. The number of hydrogen-bond acceptors (Lipinski definition) is 6. The Morgan fingerprint density at radius 2 is 2.12 bits per heavy atom. The van der Waals surface area contributed by atoms with Gasteiger partial charge >= 0.3 is 0 Å². The summed E-state index contributed by atoms with van der Waals surface area (Å²) in [5.41, 5.74) is 0. The first-order chi connectivity index (χ1) is 11.7. The lowest BCUT2D eigenvalue weighted by Gasteiger charge is -2.17. The Labute approximate surface area is 141 Å². The zero-order valence-corrected chi connectivity index (χ0v) is 13.9. The Morgan fingerprint density at radius 3 is 2.88 bits per heavy atom. The minimum atomic E-state index is -0.319. The number of hydrogen-bond donors (Lipinski definition) is 2. The summed E-state index contributed by atoms with van der Waals surface area (Å²) in [6.45, 7) is 5.06. The molecule has 128 valence electrons. The highest BCUT2D eigenvalue weighted by Gasteiger charge is 2.15. The van der Waals surface area contributed by atoms with E-state index >= 15 is 0 Å². The number of rotatable bonds is 7. The van der Waals surface area contributed by atoms with Crippen LogP contribution in [0, 0.1) is 0 Å².